The molecule has 0 spiro atoms. The van der Waals surface area contributed by atoms with Crippen LogP contribution in [0.25, 0.3) is 0 Å². The smallest absolute Gasteiger partial charge is 0.317 e. The first-order chi connectivity index (χ1) is 8.04. The van der Waals surface area contributed by atoms with Crippen molar-refractivity contribution >= 4 is 11.9 Å². The van der Waals surface area contributed by atoms with Crippen LogP contribution in [0.1, 0.15) is 19.8 Å². The molecule has 1 amide bonds. The van der Waals surface area contributed by atoms with Gasteiger partial charge in [-0.1, -0.05) is 13.3 Å². The van der Waals surface area contributed by atoms with Gasteiger partial charge in [0, 0.05) is 26.2 Å². The van der Waals surface area contributed by atoms with E-state index in [-0.39, 0.29) is 12.5 Å². The number of nitrogens with zero attached hydrogens (tertiary/aromatic N) is 2. The van der Waals surface area contributed by atoms with Crippen LogP contribution in [0.3, 0.4) is 0 Å². The van der Waals surface area contributed by atoms with Gasteiger partial charge < -0.3 is 15.7 Å². The lowest BCUT2D eigenvalue weighted by Gasteiger charge is -2.35. The monoisotopic (exact) mass is 243 g/mol. The van der Waals surface area contributed by atoms with E-state index < -0.39 is 12.0 Å². The van der Waals surface area contributed by atoms with Crippen molar-refractivity contribution < 1.29 is 14.7 Å². The minimum atomic E-state index is -0.826. The highest BCUT2D eigenvalue weighted by molar-refractivity contribution is 5.81. The molecule has 1 atom stereocenters. The van der Waals surface area contributed by atoms with Gasteiger partial charge in [-0.15, -0.1) is 0 Å². The van der Waals surface area contributed by atoms with Gasteiger partial charge in [0.05, 0.1) is 12.6 Å². The molecule has 0 aromatic heterocycles. The van der Waals surface area contributed by atoms with Crippen LogP contribution >= 0.6 is 0 Å². The lowest BCUT2D eigenvalue weighted by Crippen LogP contribution is -2.53. The molecule has 3 N–H and O–H groups in total. The molecule has 1 rings (SSSR count). The number of rotatable bonds is 5. The molecule has 0 aliphatic carbocycles. The molecule has 0 unspecified atom stereocenters. The third-order valence-corrected chi connectivity index (χ3v) is 2.96. The van der Waals surface area contributed by atoms with Gasteiger partial charge >= 0.3 is 5.97 Å². The predicted molar refractivity (Wildman–Crippen MR) is 63.5 cm³/mol. The number of carbonyl (C=O) groups is 2. The molecule has 0 radical (unpaired) electrons. The predicted octanol–water partition coefficient (Wildman–Crippen LogP) is -0.657. The Morgan fingerprint density at radius 3 is 2.35 bits per heavy atom. The van der Waals surface area contributed by atoms with Crippen molar-refractivity contribution in [2.24, 2.45) is 5.73 Å². The molecule has 0 aromatic rings. The van der Waals surface area contributed by atoms with Crippen LogP contribution in [-0.4, -0.2) is 65.5 Å². The van der Waals surface area contributed by atoms with Gasteiger partial charge in [0.2, 0.25) is 5.91 Å². The Balaban J connectivity index is 2.35. The topological polar surface area (TPSA) is 86.9 Å². The van der Waals surface area contributed by atoms with E-state index in [2.05, 4.69) is 0 Å². The Bertz CT molecular complexity index is 275. The second-order valence-electron chi connectivity index (χ2n) is 4.39. The summed E-state index contributed by atoms with van der Waals surface area (Å²) in [7, 11) is 0. The molecule has 1 aliphatic rings. The number of piperazine rings is 1. The molecular formula is C11H21N3O3. The van der Waals surface area contributed by atoms with E-state index in [0.29, 0.717) is 32.6 Å². The average molecular weight is 243 g/mol. The number of hydrogen-bond acceptors (Lipinski definition) is 4. The molecule has 1 aliphatic heterocycles. The quantitative estimate of drug-likeness (QED) is 0.669. The fraction of sp³-hybridized carbons (Fsp3) is 0.818. The standard InChI is InChI=1S/C11H21N3O3/c1-2-3-9(12)11(17)14-6-4-13(5-7-14)8-10(15)16/h9H,2-8,12H2,1H3,(H,15,16)/t9-/m0/s1. The summed E-state index contributed by atoms with van der Waals surface area (Å²) >= 11 is 0. The summed E-state index contributed by atoms with van der Waals surface area (Å²) in [5, 5.41) is 8.66. The van der Waals surface area contributed by atoms with Crippen molar-refractivity contribution in [3.8, 4) is 0 Å². The summed E-state index contributed by atoms with van der Waals surface area (Å²) in [4.78, 5) is 26.0. The SMILES string of the molecule is CCC[C@H](N)C(=O)N1CCN(CC(=O)O)CC1. The van der Waals surface area contributed by atoms with Crippen molar-refractivity contribution in [1.82, 2.24) is 9.80 Å². The second kappa shape index (κ2) is 6.56. The minimum absolute atomic E-state index is 0.0122. The zero-order valence-corrected chi connectivity index (χ0v) is 10.3. The molecular weight excluding hydrogens is 222 g/mol. The van der Waals surface area contributed by atoms with E-state index in [4.69, 9.17) is 10.8 Å². The highest BCUT2D eigenvalue weighted by Crippen LogP contribution is 2.05. The molecule has 1 saturated heterocycles. The Hall–Kier alpha value is -1.14. The molecule has 6 nitrogen and oxygen atoms in total. The van der Waals surface area contributed by atoms with Gasteiger partial charge in [-0.05, 0) is 6.42 Å². The molecule has 1 fully saturated rings. The first-order valence-corrected chi connectivity index (χ1v) is 6.03. The number of carboxylic acids is 1. The summed E-state index contributed by atoms with van der Waals surface area (Å²) in [6.07, 6.45) is 1.60. The van der Waals surface area contributed by atoms with E-state index in [1.807, 2.05) is 11.8 Å². The molecule has 1 heterocycles. The normalized spacial score (nSPS) is 19.1. The van der Waals surface area contributed by atoms with Gasteiger partial charge in [0.25, 0.3) is 0 Å². The van der Waals surface area contributed by atoms with E-state index in [9.17, 15) is 9.59 Å². The summed E-state index contributed by atoms with van der Waals surface area (Å²) in [5.74, 6) is -0.839. The Labute approximate surface area is 101 Å². The lowest BCUT2D eigenvalue weighted by molar-refractivity contribution is -0.139. The number of hydrogen-bond donors (Lipinski definition) is 2. The maximum absolute atomic E-state index is 11.9. The number of aliphatic carboxylic acids is 1. The Kier molecular flexibility index (Phi) is 5.37. The van der Waals surface area contributed by atoms with Crippen LogP contribution in [-0.2, 0) is 9.59 Å². The fourth-order valence-corrected chi connectivity index (χ4v) is 1.99. The van der Waals surface area contributed by atoms with E-state index in [1.54, 1.807) is 4.90 Å². The first kappa shape index (κ1) is 13.9. The lowest BCUT2D eigenvalue weighted by atomic mass is 10.1. The average Bonchev–Trinajstić information content (AvgIpc) is 2.28. The molecule has 0 saturated carbocycles. The third kappa shape index (κ3) is 4.32. The van der Waals surface area contributed by atoms with Crippen molar-refractivity contribution in [1.29, 1.82) is 0 Å². The van der Waals surface area contributed by atoms with Crippen LogP contribution in [0.15, 0.2) is 0 Å². The summed E-state index contributed by atoms with van der Waals surface area (Å²) in [5.41, 5.74) is 5.78. The van der Waals surface area contributed by atoms with Crippen LogP contribution in [0, 0.1) is 0 Å². The van der Waals surface area contributed by atoms with E-state index >= 15 is 0 Å². The van der Waals surface area contributed by atoms with Gasteiger partial charge in [-0.2, -0.15) is 0 Å². The van der Waals surface area contributed by atoms with Crippen molar-refractivity contribution in [2.75, 3.05) is 32.7 Å². The second-order valence-corrected chi connectivity index (χ2v) is 4.39. The Morgan fingerprint density at radius 1 is 1.29 bits per heavy atom. The van der Waals surface area contributed by atoms with Crippen molar-refractivity contribution in [3.63, 3.8) is 0 Å². The van der Waals surface area contributed by atoms with Crippen LogP contribution < -0.4 is 5.73 Å². The third-order valence-electron chi connectivity index (χ3n) is 2.96. The van der Waals surface area contributed by atoms with Crippen molar-refractivity contribution in [2.45, 2.75) is 25.8 Å². The summed E-state index contributed by atoms with van der Waals surface area (Å²) < 4.78 is 0. The summed E-state index contributed by atoms with van der Waals surface area (Å²) in [6, 6.07) is -0.411. The number of amides is 1. The molecule has 0 bridgehead atoms. The van der Waals surface area contributed by atoms with Crippen molar-refractivity contribution in [3.05, 3.63) is 0 Å². The maximum Gasteiger partial charge on any atom is 0.317 e. The van der Waals surface area contributed by atoms with E-state index in [1.165, 1.54) is 0 Å². The van der Waals surface area contributed by atoms with Gasteiger partial charge in [-0.3, -0.25) is 14.5 Å². The van der Waals surface area contributed by atoms with Gasteiger partial charge in [0.1, 0.15) is 0 Å². The first-order valence-electron chi connectivity index (χ1n) is 6.03. The number of carboxylic acid groups (broad SMARTS) is 1. The number of nitrogens with two attached hydrogens (primary N) is 1. The summed E-state index contributed by atoms with van der Waals surface area (Å²) in [6.45, 7) is 4.40. The van der Waals surface area contributed by atoms with Gasteiger partial charge in [-0.25, -0.2) is 0 Å². The van der Waals surface area contributed by atoms with Gasteiger partial charge in [0.15, 0.2) is 0 Å². The zero-order chi connectivity index (χ0) is 12.8. The Morgan fingerprint density at radius 2 is 1.88 bits per heavy atom. The maximum atomic E-state index is 11.9. The zero-order valence-electron chi connectivity index (χ0n) is 10.3. The number of carbonyl (C=O) groups excluding carboxylic acids is 1. The van der Waals surface area contributed by atoms with Crippen LogP contribution in [0.2, 0.25) is 0 Å². The van der Waals surface area contributed by atoms with E-state index in [0.717, 1.165) is 6.42 Å². The highest BCUT2D eigenvalue weighted by atomic mass is 16.4. The molecule has 17 heavy (non-hydrogen) atoms. The molecule has 0 aromatic carbocycles. The molecule has 6 heteroatoms. The largest absolute Gasteiger partial charge is 0.480 e. The highest BCUT2D eigenvalue weighted by Gasteiger charge is 2.25. The minimum Gasteiger partial charge on any atom is -0.480 e. The van der Waals surface area contributed by atoms with Crippen LogP contribution in [0.5, 0.6) is 0 Å². The fourth-order valence-electron chi connectivity index (χ4n) is 1.99. The van der Waals surface area contributed by atoms with Crippen LogP contribution in [0.4, 0.5) is 0 Å². The molecule has 98 valence electrons.